The van der Waals surface area contributed by atoms with Gasteiger partial charge in [0, 0.05) is 60.9 Å². The molecule has 0 atom stereocenters. The second kappa shape index (κ2) is 7.22. The van der Waals surface area contributed by atoms with Gasteiger partial charge in [-0.2, -0.15) is 5.10 Å². The van der Waals surface area contributed by atoms with Crippen LogP contribution in [0.15, 0.2) is 36.5 Å². The third-order valence-electron chi connectivity index (χ3n) is 8.20. The summed E-state index contributed by atoms with van der Waals surface area (Å²) < 4.78 is 1.94. The summed E-state index contributed by atoms with van der Waals surface area (Å²) in [5.74, 6) is 0.313. The van der Waals surface area contributed by atoms with Crippen molar-refractivity contribution in [2.45, 2.75) is 44.9 Å². The minimum atomic E-state index is 0. The summed E-state index contributed by atoms with van der Waals surface area (Å²) in [5.41, 5.74) is 11.5. The van der Waals surface area contributed by atoms with Gasteiger partial charge < -0.3 is 4.90 Å². The fraction of sp³-hybridized carbons (Fsp3) is 0.393. The number of piperidine rings is 1. The maximum atomic E-state index is 12.9. The van der Waals surface area contributed by atoms with Crippen molar-refractivity contribution < 1.29 is 6.22 Å². The van der Waals surface area contributed by atoms with Crippen molar-refractivity contribution in [1.82, 2.24) is 19.7 Å². The highest BCUT2D eigenvalue weighted by Crippen LogP contribution is 2.47. The number of rotatable bonds is 2. The Morgan fingerprint density at radius 2 is 1.82 bits per heavy atom. The number of allylic oxidation sites excluding steroid dienone is 1. The van der Waals surface area contributed by atoms with Gasteiger partial charge in [0.15, 0.2) is 5.78 Å². The third-order valence-corrected chi connectivity index (χ3v) is 8.20. The van der Waals surface area contributed by atoms with Crippen molar-refractivity contribution in [2.24, 2.45) is 7.05 Å². The van der Waals surface area contributed by atoms with Gasteiger partial charge in [0.25, 0.3) is 0 Å². The van der Waals surface area contributed by atoms with E-state index in [1.807, 2.05) is 17.9 Å². The molecule has 0 N–H and O–H groups in total. The van der Waals surface area contributed by atoms with Gasteiger partial charge in [0.2, 0.25) is 0 Å². The number of benzene rings is 1. The van der Waals surface area contributed by atoms with E-state index in [0.717, 1.165) is 60.6 Å². The van der Waals surface area contributed by atoms with E-state index >= 15 is 0 Å². The predicted molar refractivity (Wildman–Crippen MR) is 133 cm³/mol. The van der Waals surface area contributed by atoms with E-state index in [0.29, 0.717) is 12.2 Å². The molecule has 0 bridgehead atoms. The van der Waals surface area contributed by atoms with Crippen LogP contribution in [-0.2, 0) is 18.9 Å². The number of ketones is 1. The van der Waals surface area contributed by atoms with Crippen LogP contribution in [0, 0.1) is 13.8 Å². The smallest absolute Gasteiger partial charge is 0.164 e. The molecule has 170 valence electrons. The predicted octanol–water partition coefficient (Wildman–Crippen LogP) is 4.88. The van der Waals surface area contributed by atoms with Crippen LogP contribution < -0.4 is 0 Å². The molecule has 2 aromatic heterocycles. The zero-order valence-electron chi connectivity index (χ0n) is 19.9. The Morgan fingerprint density at radius 1 is 1.03 bits per heavy atom. The van der Waals surface area contributed by atoms with Crippen molar-refractivity contribution in [3.8, 4) is 11.1 Å². The van der Waals surface area contributed by atoms with Crippen molar-refractivity contribution >= 4 is 11.4 Å². The number of carbonyl (C=O) groups is 1. The number of carbonyl (C=O) groups excluding carboxylic acids is 1. The third kappa shape index (κ3) is 3.06. The lowest BCUT2D eigenvalue weighted by Crippen LogP contribution is -2.39. The molecule has 2 aliphatic carbocycles. The first-order valence-electron chi connectivity index (χ1n) is 11.9. The summed E-state index contributed by atoms with van der Waals surface area (Å²) in [6.07, 6.45) is 7.92. The van der Waals surface area contributed by atoms with Crippen LogP contribution in [0.5, 0.6) is 0 Å². The number of fused-ring (bicyclic) bond motifs is 3. The fourth-order valence-corrected chi connectivity index (χ4v) is 6.18. The maximum absolute atomic E-state index is 12.9. The number of aromatic nitrogens is 3. The average molecular weight is 441 g/mol. The van der Waals surface area contributed by atoms with Crippen LogP contribution in [0.3, 0.4) is 0 Å². The van der Waals surface area contributed by atoms with Crippen LogP contribution in [0.2, 0.25) is 0 Å². The second-order valence-corrected chi connectivity index (χ2v) is 10.2. The molecule has 1 aliphatic heterocycles. The Balaban J connectivity index is 0.00000241. The number of Topliss-reactive ketones (excluding diaryl/α,β-unsaturated/α-hetero) is 1. The Morgan fingerprint density at radius 3 is 2.55 bits per heavy atom. The van der Waals surface area contributed by atoms with Crippen LogP contribution in [-0.4, -0.2) is 45.6 Å². The molecular formula is C28H32N4O. The van der Waals surface area contributed by atoms with Gasteiger partial charge in [-0.15, -0.1) is 0 Å². The second-order valence-electron chi connectivity index (χ2n) is 10.2. The van der Waals surface area contributed by atoms with E-state index in [1.165, 1.54) is 27.8 Å². The summed E-state index contributed by atoms with van der Waals surface area (Å²) >= 11 is 0. The highest BCUT2D eigenvalue weighted by atomic mass is 16.1. The molecule has 1 spiro atoms. The van der Waals surface area contributed by atoms with Crippen molar-refractivity contribution in [2.75, 3.05) is 20.1 Å². The van der Waals surface area contributed by atoms with E-state index in [2.05, 4.69) is 61.2 Å². The molecule has 0 radical (unpaired) electrons. The molecule has 6 rings (SSSR count). The van der Waals surface area contributed by atoms with Gasteiger partial charge in [-0.25, -0.2) is 0 Å². The van der Waals surface area contributed by atoms with Crippen LogP contribution in [0.25, 0.3) is 16.7 Å². The van der Waals surface area contributed by atoms with E-state index < -0.39 is 0 Å². The average Bonchev–Trinajstić information content (AvgIpc) is 3.42. The van der Waals surface area contributed by atoms with Crippen LogP contribution in [0.4, 0.5) is 0 Å². The molecule has 3 heterocycles. The van der Waals surface area contributed by atoms with Gasteiger partial charge >= 0.3 is 0 Å². The molecule has 3 aliphatic rings. The van der Waals surface area contributed by atoms with Crippen molar-refractivity contribution in [1.29, 1.82) is 0 Å². The van der Waals surface area contributed by atoms with Crippen molar-refractivity contribution in [3.63, 3.8) is 0 Å². The summed E-state index contributed by atoms with van der Waals surface area (Å²) in [6.45, 7) is 6.28. The van der Waals surface area contributed by atoms with Crippen LogP contribution in [0.1, 0.15) is 64.8 Å². The first-order chi connectivity index (χ1) is 15.9. The number of hydrogen-bond donors (Lipinski definition) is 0. The molecule has 0 amide bonds. The Bertz CT molecular complexity index is 1340. The fourth-order valence-electron chi connectivity index (χ4n) is 6.18. The van der Waals surface area contributed by atoms with E-state index in [1.54, 1.807) is 0 Å². The molecular weight excluding hydrogens is 408 g/mol. The van der Waals surface area contributed by atoms with Gasteiger partial charge in [-0.1, -0.05) is 18.2 Å². The maximum Gasteiger partial charge on any atom is 0.164 e. The first-order valence-corrected chi connectivity index (χ1v) is 11.9. The molecule has 0 saturated carbocycles. The number of likely N-dealkylation sites (tertiary alicyclic amines) is 1. The summed E-state index contributed by atoms with van der Waals surface area (Å²) in [7, 11) is 4.17. The van der Waals surface area contributed by atoms with Gasteiger partial charge in [0.05, 0.1) is 11.4 Å². The lowest BCUT2D eigenvalue weighted by molar-refractivity contribution is 0.0945. The van der Waals surface area contributed by atoms with Crippen molar-refractivity contribution in [3.05, 3.63) is 75.9 Å². The number of aryl methyl sites for hydroxylation is 2. The SMILES string of the molecule is Cc1nn(C)c(C)c1-c1cnc2c(c1)C(c1ccc3c(c1)C1(CCN(C)CC1)CC3=O)=CC2.[HH]. The minimum Gasteiger partial charge on any atom is -0.306 e. The molecule has 33 heavy (non-hydrogen) atoms. The zero-order chi connectivity index (χ0) is 22.9. The number of hydrogen-bond acceptors (Lipinski definition) is 4. The summed E-state index contributed by atoms with van der Waals surface area (Å²) in [5, 5.41) is 4.60. The highest BCUT2D eigenvalue weighted by Gasteiger charge is 2.44. The largest absolute Gasteiger partial charge is 0.306 e. The van der Waals surface area contributed by atoms with E-state index in [9.17, 15) is 4.79 Å². The topological polar surface area (TPSA) is 51.0 Å². The molecule has 1 saturated heterocycles. The summed E-state index contributed by atoms with van der Waals surface area (Å²) in [6, 6.07) is 8.81. The quantitative estimate of drug-likeness (QED) is 0.570. The molecule has 3 aromatic rings. The minimum absolute atomic E-state index is 0. The standard InChI is InChI=1S/C28H30N4O.H2/c1-17-27(18(2)32(4)30-17)20-13-23-21(7-8-25(23)29-16-20)19-5-6-22-24(14-19)28(15-26(22)33)9-11-31(3)12-10-28;/h5-7,13-14,16H,8-12,15H2,1-4H3;1H. The monoisotopic (exact) mass is 440 g/mol. The lowest BCUT2D eigenvalue weighted by atomic mass is 9.73. The Kier molecular flexibility index (Phi) is 4.50. The number of nitrogens with zero attached hydrogens (tertiary/aromatic N) is 4. The molecule has 0 unspecified atom stereocenters. The van der Waals surface area contributed by atoms with Gasteiger partial charge in [-0.05, 0) is 75.7 Å². The first kappa shape index (κ1) is 20.5. The lowest BCUT2D eigenvalue weighted by Gasteiger charge is -2.38. The van der Waals surface area contributed by atoms with Gasteiger partial charge in [0.1, 0.15) is 0 Å². The highest BCUT2D eigenvalue weighted by molar-refractivity contribution is 6.03. The number of pyridine rings is 1. The van der Waals surface area contributed by atoms with E-state index in [-0.39, 0.29) is 6.84 Å². The van der Waals surface area contributed by atoms with E-state index in [4.69, 9.17) is 4.98 Å². The molecule has 5 nitrogen and oxygen atoms in total. The summed E-state index contributed by atoms with van der Waals surface area (Å²) in [4.78, 5) is 20.1. The molecule has 1 aromatic carbocycles. The molecule has 1 fully saturated rings. The van der Waals surface area contributed by atoms with Gasteiger partial charge in [-0.3, -0.25) is 14.5 Å². The normalized spacial score (nSPS) is 19.2. The molecule has 5 heteroatoms. The Hall–Kier alpha value is -3.05. The Labute approximate surface area is 196 Å². The zero-order valence-corrected chi connectivity index (χ0v) is 19.9. The van der Waals surface area contributed by atoms with Crippen LogP contribution >= 0.6 is 0 Å².